The van der Waals surface area contributed by atoms with Crippen LogP contribution >= 0.6 is 0 Å². The van der Waals surface area contributed by atoms with E-state index in [0.29, 0.717) is 0 Å². The molecule has 0 aromatic rings. The number of carbonyl (C=O) groups is 1. The van der Waals surface area contributed by atoms with E-state index in [-0.39, 0.29) is 24.1 Å². The predicted octanol–water partition coefficient (Wildman–Crippen LogP) is 2.47. The molecular formula is C14H28N2O2. The third-order valence-corrected chi connectivity index (χ3v) is 3.61. The van der Waals surface area contributed by atoms with Gasteiger partial charge in [-0.15, -0.1) is 5.06 Å². The van der Waals surface area contributed by atoms with E-state index in [2.05, 4.69) is 13.8 Å². The van der Waals surface area contributed by atoms with E-state index in [4.69, 9.17) is 10.6 Å². The zero-order valence-electron chi connectivity index (χ0n) is 12.4. The Hall–Kier alpha value is -0.610. The van der Waals surface area contributed by atoms with Gasteiger partial charge in [-0.2, -0.15) is 0 Å². The van der Waals surface area contributed by atoms with Crippen molar-refractivity contribution in [2.45, 2.75) is 78.4 Å². The maximum atomic E-state index is 12.0. The van der Waals surface area contributed by atoms with Gasteiger partial charge in [0.1, 0.15) is 0 Å². The standard InChI is InChI=1S/C14H28N2O2/c1-6-11-8-10(15)9-12(7-2)16(11)18-13(17)14(3,4)5/h10-12H,6-9,15H2,1-5H3. The molecule has 4 heteroatoms. The first-order chi connectivity index (χ1) is 8.29. The van der Waals surface area contributed by atoms with Crippen LogP contribution in [0.5, 0.6) is 0 Å². The summed E-state index contributed by atoms with van der Waals surface area (Å²) < 4.78 is 0. The second-order valence-corrected chi connectivity index (χ2v) is 6.34. The van der Waals surface area contributed by atoms with Crippen LogP contribution in [0.3, 0.4) is 0 Å². The fourth-order valence-electron chi connectivity index (χ4n) is 2.38. The predicted molar refractivity (Wildman–Crippen MR) is 72.8 cm³/mol. The molecule has 4 nitrogen and oxygen atoms in total. The minimum Gasteiger partial charge on any atom is -0.367 e. The smallest absolute Gasteiger partial charge is 0.330 e. The Morgan fingerprint density at radius 3 is 2.00 bits per heavy atom. The van der Waals surface area contributed by atoms with Crippen molar-refractivity contribution in [3.8, 4) is 0 Å². The maximum Gasteiger partial charge on any atom is 0.330 e. The molecule has 0 aromatic carbocycles. The summed E-state index contributed by atoms with van der Waals surface area (Å²) in [6.07, 6.45) is 3.73. The van der Waals surface area contributed by atoms with Gasteiger partial charge in [-0.25, -0.2) is 4.79 Å². The number of nitrogens with two attached hydrogens (primary N) is 1. The zero-order valence-corrected chi connectivity index (χ0v) is 12.4. The second kappa shape index (κ2) is 6.02. The molecule has 2 unspecified atom stereocenters. The van der Waals surface area contributed by atoms with Crippen molar-refractivity contribution >= 4 is 5.97 Å². The lowest BCUT2D eigenvalue weighted by Crippen LogP contribution is -2.53. The van der Waals surface area contributed by atoms with Crippen LogP contribution < -0.4 is 5.73 Å². The number of hydroxylamine groups is 2. The molecule has 0 aliphatic carbocycles. The van der Waals surface area contributed by atoms with Crippen LogP contribution in [0.25, 0.3) is 0 Å². The quantitative estimate of drug-likeness (QED) is 0.843. The van der Waals surface area contributed by atoms with E-state index in [0.717, 1.165) is 25.7 Å². The van der Waals surface area contributed by atoms with Crippen molar-refractivity contribution in [1.29, 1.82) is 0 Å². The Bertz CT molecular complexity index is 272. The highest BCUT2D eigenvalue weighted by atomic mass is 16.7. The van der Waals surface area contributed by atoms with Crippen LogP contribution in [0.15, 0.2) is 0 Å². The largest absolute Gasteiger partial charge is 0.367 e. The van der Waals surface area contributed by atoms with E-state index in [1.165, 1.54) is 0 Å². The van der Waals surface area contributed by atoms with Crippen LogP contribution in [-0.4, -0.2) is 29.2 Å². The van der Waals surface area contributed by atoms with Crippen LogP contribution in [-0.2, 0) is 9.63 Å². The Morgan fingerprint density at radius 1 is 1.22 bits per heavy atom. The van der Waals surface area contributed by atoms with Crippen LogP contribution in [0.4, 0.5) is 0 Å². The lowest BCUT2D eigenvalue weighted by Gasteiger charge is -2.42. The molecule has 0 bridgehead atoms. The summed E-state index contributed by atoms with van der Waals surface area (Å²) in [5.41, 5.74) is 5.62. The summed E-state index contributed by atoms with van der Waals surface area (Å²) >= 11 is 0. The number of piperidine rings is 1. The highest BCUT2D eigenvalue weighted by molar-refractivity contribution is 5.75. The van der Waals surface area contributed by atoms with Gasteiger partial charge in [0.25, 0.3) is 0 Å². The molecule has 2 atom stereocenters. The first-order valence-corrected chi connectivity index (χ1v) is 7.05. The van der Waals surface area contributed by atoms with Crippen molar-refractivity contribution in [2.24, 2.45) is 11.1 Å². The summed E-state index contributed by atoms with van der Waals surface area (Å²) in [5.74, 6) is -0.158. The molecule has 2 N–H and O–H groups in total. The van der Waals surface area contributed by atoms with Crippen molar-refractivity contribution < 1.29 is 9.63 Å². The third kappa shape index (κ3) is 3.69. The number of nitrogens with zero attached hydrogens (tertiary/aromatic N) is 1. The molecule has 106 valence electrons. The lowest BCUT2D eigenvalue weighted by molar-refractivity contribution is -0.234. The minimum atomic E-state index is -0.462. The summed E-state index contributed by atoms with van der Waals surface area (Å²) in [6.45, 7) is 9.88. The van der Waals surface area contributed by atoms with Gasteiger partial charge in [-0.3, -0.25) is 0 Å². The number of hydrogen-bond donors (Lipinski definition) is 1. The monoisotopic (exact) mass is 256 g/mol. The molecule has 1 rings (SSSR count). The topological polar surface area (TPSA) is 55.6 Å². The van der Waals surface area contributed by atoms with Gasteiger partial charge in [0.2, 0.25) is 0 Å². The van der Waals surface area contributed by atoms with Gasteiger partial charge >= 0.3 is 5.97 Å². The van der Waals surface area contributed by atoms with E-state index in [1.54, 1.807) is 0 Å². The van der Waals surface area contributed by atoms with Crippen molar-refractivity contribution in [2.75, 3.05) is 0 Å². The molecule has 0 radical (unpaired) electrons. The van der Waals surface area contributed by atoms with Gasteiger partial charge in [0.05, 0.1) is 5.41 Å². The Kier molecular flexibility index (Phi) is 5.17. The van der Waals surface area contributed by atoms with Gasteiger partial charge < -0.3 is 10.6 Å². The van der Waals surface area contributed by atoms with Crippen LogP contribution in [0.1, 0.15) is 60.3 Å². The van der Waals surface area contributed by atoms with Crippen LogP contribution in [0, 0.1) is 5.41 Å². The SMILES string of the molecule is CCC1CC(N)CC(CC)N1OC(=O)C(C)(C)C. The van der Waals surface area contributed by atoms with Gasteiger partial charge in [0, 0.05) is 18.1 Å². The molecule has 1 aliphatic rings. The molecule has 1 heterocycles. The summed E-state index contributed by atoms with van der Waals surface area (Å²) in [5, 5.41) is 1.91. The average Bonchev–Trinajstić information content (AvgIpc) is 2.29. The molecule has 0 spiro atoms. The number of rotatable bonds is 3. The number of hydrogen-bond acceptors (Lipinski definition) is 4. The van der Waals surface area contributed by atoms with Crippen molar-refractivity contribution in [3.05, 3.63) is 0 Å². The molecule has 0 amide bonds. The van der Waals surface area contributed by atoms with E-state index < -0.39 is 5.41 Å². The third-order valence-electron chi connectivity index (χ3n) is 3.61. The summed E-state index contributed by atoms with van der Waals surface area (Å²) in [4.78, 5) is 17.7. The van der Waals surface area contributed by atoms with E-state index in [9.17, 15) is 4.79 Å². The van der Waals surface area contributed by atoms with Crippen LogP contribution in [0.2, 0.25) is 0 Å². The molecule has 0 aromatic heterocycles. The molecular weight excluding hydrogens is 228 g/mol. The van der Waals surface area contributed by atoms with Crippen molar-refractivity contribution in [3.63, 3.8) is 0 Å². The number of carbonyl (C=O) groups excluding carboxylic acids is 1. The highest BCUT2D eigenvalue weighted by Crippen LogP contribution is 2.28. The van der Waals surface area contributed by atoms with Gasteiger partial charge in [-0.1, -0.05) is 13.8 Å². The van der Waals surface area contributed by atoms with Gasteiger partial charge in [0.15, 0.2) is 0 Å². The fourth-order valence-corrected chi connectivity index (χ4v) is 2.38. The summed E-state index contributed by atoms with van der Waals surface area (Å²) in [6, 6.07) is 0.736. The Labute approximate surface area is 111 Å². The summed E-state index contributed by atoms with van der Waals surface area (Å²) in [7, 11) is 0. The van der Waals surface area contributed by atoms with Crippen molar-refractivity contribution in [1.82, 2.24) is 5.06 Å². The Morgan fingerprint density at radius 2 is 1.67 bits per heavy atom. The first-order valence-electron chi connectivity index (χ1n) is 7.05. The fraction of sp³-hybridized carbons (Fsp3) is 0.929. The Balaban J connectivity index is 2.77. The van der Waals surface area contributed by atoms with Gasteiger partial charge in [-0.05, 0) is 46.5 Å². The first kappa shape index (κ1) is 15.4. The highest BCUT2D eigenvalue weighted by Gasteiger charge is 2.37. The molecule has 1 fully saturated rings. The molecule has 1 saturated heterocycles. The minimum absolute atomic E-state index is 0.158. The average molecular weight is 256 g/mol. The zero-order chi connectivity index (χ0) is 13.9. The molecule has 0 saturated carbocycles. The molecule has 18 heavy (non-hydrogen) atoms. The normalized spacial score (nSPS) is 30.2. The maximum absolute atomic E-state index is 12.0. The second-order valence-electron chi connectivity index (χ2n) is 6.34. The lowest BCUT2D eigenvalue weighted by atomic mass is 9.91. The molecule has 1 aliphatic heterocycles. The van der Waals surface area contributed by atoms with E-state index in [1.807, 2.05) is 25.8 Å². The van der Waals surface area contributed by atoms with E-state index >= 15 is 0 Å².